The van der Waals surface area contributed by atoms with E-state index in [1.165, 1.54) is 96.3 Å². The van der Waals surface area contributed by atoms with Gasteiger partial charge in [0.1, 0.15) is 13.2 Å². The Labute approximate surface area is 364 Å². The summed E-state index contributed by atoms with van der Waals surface area (Å²) in [5.41, 5.74) is 0. The smallest absolute Gasteiger partial charge is 0.306 e. The maximum atomic E-state index is 12.8. The molecule has 0 saturated heterocycles. The summed E-state index contributed by atoms with van der Waals surface area (Å²) >= 11 is 0. The third kappa shape index (κ3) is 46.0. The average molecular weight is 825 g/mol. The molecule has 0 aliphatic carbocycles. The van der Waals surface area contributed by atoms with Gasteiger partial charge in [-0.1, -0.05) is 191 Å². The van der Waals surface area contributed by atoms with Crippen molar-refractivity contribution < 1.29 is 28.6 Å². The van der Waals surface area contributed by atoms with Crippen molar-refractivity contribution in [2.24, 2.45) is 0 Å². The zero-order valence-electron chi connectivity index (χ0n) is 38.8. The Morgan fingerprint density at radius 2 is 0.627 bits per heavy atom. The Hall–Kier alpha value is -2.89. The molecule has 0 aromatic heterocycles. The van der Waals surface area contributed by atoms with Crippen LogP contribution in [0.1, 0.15) is 239 Å². The molecule has 0 heterocycles. The van der Waals surface area contributed by atoms with Crippen LogP contribution in [0.5, 0.6) is 0 Å². The molecular weight excluding hydrogens is 733 g/mol. The van der Waals surface area contributed by atoms with Crippen molar-refractivity contribution in [3.63, 3.8) is 0 Å². The van der Waals surface area contributed by atoms with Crippen LogP contribution in [0.2, 0.25) is 0 Å². The van der Waals surface area contributed by atoms with Gasteiger partial charge in [-0.05, 0) is 89.9 Å². The van der Waals surface area contributed by atoms with E-state index in [-0.39, 0.29) is 31.1 Å². The molecule has 0 N–H and O–H groups in total. The third-order valence-corrected chi connectivity index (χ3v) is 10.5. The molecule has 340 valence electrons. The summed E-state index contributed by atoms with van der Waals surface area (Å²) in [6.45, 7) is 6.51. The van der Waals surface area contributed by atoms with Gasteiger partial charge in [0.2, 0.25) is 0 Å². The van der Waals surface area contributed by atoms with Gasteiger partial charge in [0.05, 0.1) is 0 Å². The van der Waals surface area contributed by atoms with Gasteiger partial charge in [-0.3, -0.25) is 14.4 Å². The molecule has 0 aromatic carbocycles. The molecule has 6 heteroatoms. The summed E-state index contributed by atoms with van der Waals surface area (Å²) in [6, 6.07) is 0. The van der Waals surface area contributed by atoms with E-state index in [1.807, 2.05) is 0 Å². The summed E-state index contributed by atoms with van der Waals surface area (Å²) in [7, 11) is 0. The second-order valence-corrected chi connectivity index (χ2v) is 16.4. The Bertz CT molecular complexity index is 1090. The van der Waals surface area contributed by atoms with Crippen molar-refractivity contribution in [2.75, 3.05) is 13.2 Å². The topological polar surface area (TPSA) is 78.9 Å². The Balaban J connectivity index is 4.43. The zero-order valence-corrected chi connectivity index (χ0v) is 38.8. The van der Waals surface area contributed by atoms with E-state index >= 15 is 0 Å². The van der Waals surface area contributed by atoms with Crippen molar-refractivity contribution in [1.29, 1.82) is 0 Å². The fourth-order valence-electron chi connectivity index (χ4n) is 6.70. The van der Waals surface area contributed by atoms with E-state index in [0.717, 1.165) is 103 Å². The van der Waals surface area contributed by atoms with Gasteiger partial charge in [0.25, 0.3) is 0 Å². The molecule has 0 amide bonds. The first kappa shape index (κ1) is 56.1. The molecule has 0 radical (unpaired) electrons. The van der Waals surface area contributed by atoms with Gasteiger partial charge in [-0.2, -0.15) is 0 Å². The summed E-state index contributed by atoms with van der Waals surface area (Å²) in [6.07, 6.45) is 57.7. The molecule has 59 heavy (non-hydrogen) atoms. The van der Waals surface area contributed by atoms with Gasteiger partial charge in [0, 0.05) is 19.3 Å². The highest BCUT2D eigenvalue weighted by molar-refractivity contribution is 5.71. The predicted molar refractivity (Wildman–Crippen MR) is 251 cm³/mol. The molecule has 1 unspecified atom stereocenters. The number of hydrogen-bond donors (Lipinski definition) is 0. The van der Waals surface area contributed by atoms with Crippen LogP contribution in [0.3, 0.4) is 0 Å². The van der Waals surface area contributed by atoms with Gasteiger partial charge < -0.3 is 14.2 Å². The lowest BCUT2D eigenvalue weighted by molar-refractivity contribution is -0.167. The number of hydrogen-bond acceptors (Lipinski definition) is 6. The van der Waals surface area contributed by atoms with Crippen molar-refractivity contribution in [3.8, 4) is 0 Å². The molecule has 0 rings (SSSR count). The maximum absolute atomic E-state index is 12.8. The standard InChI is InChI=1S/C53H92O6/c1-4-7-10-13-16-19-22-24-26-28-29-31-34-37-40-43-46-52(55)58-49-50(48-57-51(54)45-42-39-36-33-21-18-15-12-9-6-3)59-53(56)47-44-41-38-35-32-30-27-25-23-20-17-14-11-8-5-2/h15,17-18,20,23,25-26,28-29,31,50H,4-14,16,19,21-22,24,27,30,32-49H2,1-3H3/b18-15-,20-17-,25-23-,28-26-,31-29-. The van der Waals surface area contributed by atoms with E-state index in [9.17, 15) is 14.4 Å². The molecule has 0 bridgehead atoms. The second kappa shape index (κ2) is 47.8. The van der Waals surface area contributed by atoms with Crippen LogP contribution in [-0.4, -0.2) is 37.2 Å². The molecule has 0 spiro atoms. The number of carbonyl (C=O) groups is 3. The highest BCUT2D eigenvalue weighted by Gasteiger charge is 2.19. The van der Waals surface area contributed by atoms with Crippen molar-refractivity contribution in [1.82, 2.24) is 0 Å². The molecule has 1 atom stereocenters. The highest BCUT2D eigenvalue weighted by Crippen LogP contribution is 2.13. The minimum Gasteiger partial charge on any atom is -0.462 e. The monoisotopic (exact) mass is 825 g/mol. The molecule has 0 fully saturated rings. The lowest BCUT2D eigenvalue weighted by Gasteiger charge is -2.18. The third-order valence-electron chi connectivity index (χ3n) is 10.5. The van der Waals surface area contributed by atoms with E-state index in [2.05, 4.69) is 81.5 Å². The van der Waals surface area contributed by atoms with Gasteiger partial charge in [-0.15, -0.1) is 0 Å². The highest BCUT2D eigenvalue weighted by atomic mass is 16.6. The van der Waals surface area contributed by atoms with Crippen LogP contribution >= 0.6 is 0 Å². The zero-order chi connectivity index (χ0) is 43.0. The van der Waals surface area contributed by atoms with Crippen molar-refractivity contribution in [3.05, 3.63) is 60.8 Å². The lowest BCUT2D eigenvalue weighted by atomic mass is 10.1. The first-order valence-corrected chi connectivity index (χ1v) is 24.8. The van der Waals surface area contributed by atoms with Crippen LogP contribution in [0, 0.1) is 0 Å². The summed E-state index contributed by atoms with van der Waals surface area (Å²) in [5, 5.41) is 0. The second-order valence-electron chi connectivity index (χ2n) is 16.4. The molecule has 0 saturated carbocycles. The Morgan fingerprint density at radius 1 is 0.339 bits per heavy atom. The van der Waals surface area contributed by atoms with Crippen LogP contribution in [0.4, 0.5) is 0 Å². The van der Waals surface area contributed by atoms with E-state index in [0.29, 0.717) is 19.3 Å². The van der Waals surface area contributed by atoms with Gasteiger partial charge >= 0.3 is 17.9 Å². The van der Waals surface area contributed by atoms with Crippen LogP contribution in [0.15, 0.2) is 60.8 Å². The first-order chi connectivity index (χ1) is 29.0. The van der Waals surface area contributed by atoms with Crippen molar-refractivity contribution >= 4 is 17.9 Å². The van der Waals surface area contributed by atoms with E-state index in [4.69, 9.17) is 14.2 Å². The largest absolute Gasteiger partial charge is 0.462 e. The van der Waals surface area contributed by atoms with Crippen LogP contribution < -0.4 is 0 Å². The SMILES string of the molecule is CCCC/C=C\CCCCCCC(=O)OCC(COC(=O)CCCCC/C=C\C=C/CCCCCCCCC)OC(=O)CCCCCCCC/C=C\C=C/CCCCC. The fourth-order valence-corrected chi connectivity index (χ4v) is 6.70. The molecule has 6 nitrogen and oxygen atoms in total. The number of ether oxygens (including phenoxy) is 3. The van der Waals surface area contributed by atoms with Crippen LogP contribution in [-0.2, 0) is 28.6 Å². The minimum absolute atomic E-state index is 0.0939. The van der Waals surface area contributed by atoms with E-state index < -0.39 is 6.10 Å². The van der Waals surface area contributed by atoms with Gasteiger partial charge in [-0.25, -0.2) is 0 Å². The Kier molecular flexibility index (Phi) is 45.4. The van der Waals surface area contributed by atoms with E-state index in [1.54, 1.807) is 0 Å². The number of esters is 3. The summed E-state index contributed by atoms with van der Waals surface area (Å²) < 4.78 is 16.7. The number of unbranched alkanes of at least 4 members (excludes halogenated alkanes) is 25. The fraction of sp³-hybridized carbons (Fsp3) is 0.755. The average Bonchev–Trinajstić information content (AvgIpc) is 3.23. The molecule has 0 aliphatic heterocycles. The first-order valence-electron chi connectivity index (χ1n) is 24.8. The number of rotatable bonds is 44. The molecular formula is C53H92O6. The Morgan fingerprint density at radius 3 is 1.05 bits per heavy atom. The quantitative estimate of drug-likeness (QED) is 0.0200. The normalized spacial score (nSPS) is 12.5. The lowest BCUT2D eigenvalue weighted by Crippen LogP contribution is -2.30. The molecule has 0 aromatic rings. The summed E-state index contributed by atoms with van der Waals surface area (Å²) in [4.78, 5) is 37.8. The minimum atomic E-state index is -0.793. The predicted octanol–water partition coefficient (Wildman–Crippen LogP) is 16.1. The molecule has 0 aliphatic rings. The van der Waals surface area contributed by atoms with Gasteiger partial charge in [0.15, 0.2) is 6.10 Å². The summed E-state index contributed by atoms with van der Waals surface area (Å²) in [5.74, 6) is -0.945. The maximum Gasteiger partial charge on any atom is 0.306 e. The van der Waals surface area contributed by atoms with Crippen LogP contribution in [0.25, 0.3) is 0 Å². The van der Waals surface area contributed by atoms with Crippen molar-refractivity contribution in [2.45, 2.75) is 245 Å². The number of allylic oxidation sites excluding steroid dienone is 10. The number of carbonyl (C=O) groups excluding carboxylic acids is 3.